The Morgan fingerprint density at radius 3 is 2.55 bits per heavy atom. The number of piperazine rings is 1. The molecule has 0 saturated carbocycles. The molecule has 29 heavy (non-hydrogen) atoms. The predicted octanol–water partition coefficient (Wildman–Crippen LogP) is 3.36. The first kappa shape index (κ1) is 26.0. The zero-order valence-electron chi connectivity index (χ0n) is 18.1. The molecule has 2 rings (SSSR count). The third-order valence-corrected chi connectivity index (χ3v) is 5.15. The van der Waals surface area contributed by atoms with E-state index in [9.17, 15) is 4.79 Å². The highest BCUT2D eigenvalue weighted by atomic mass is 127. The molecule has 1 fully saturated rings. The number of hydrogen-bond acceptors (Lipinski definition) is 5. The summed E-state index contributed by atoms with van der Waals surface area (Å²) in [5, 5.41) is 8.78. The highest BCUT2D eigenvalue weighted by molar-refractivity contribution is 14.0. The molecule has 1 aromatic rings. The molecule has 1 amide bonds. The fraction of sp³-hybridized carbons (Fsp3) is 0.700. The van der Waals surface area contributed by atoms with Gasteiger partial charge in [-0.1, -0.05) is 6.07 Å². The Kier molecular flexibility index (Phi) is 11.9. The van der Waals surface area contributed by atoms with Gasteiger partial charge in [0, 0.05) is 44.1 Å². The van der Waals surface area contributed by atoms with Crippen LogP contribution in [0.3, 0.4) is 0 Å². The normalized spacial score (nSPS) is 15.6. The number of aliphatic imine (C=N–C) groups is 1. The Bertz CT molecular complexity index is 611. The van der Waals surface area contributed by atoms with Crippen LogP contribution in [0.1, 0.15) is 39.0 Å². The van der Waals surface area contributed by atoms with Gasteiger partial charge in [0.2, 0.25) is 0 Å². The van der Waals surface area contributed by atoms with Crippen molar-refractivity contribution in [2.75, 3.05) is 45.8 Å². The summed E-state index contributed by atoms with van der Waals surface area (Å²) in [5.74, 6) is 0.866. The van der Waals surface area contributed by atoms with Crippen molar-refractivity contribution < 1.29 is 9.53 Å². The van der Waals surface area contributed by atoms with E-state index < -0.39 is 5.60 Å². The van der Waals surface area contributed by atoms with Gasteiger partial charge in [0.1, 0.15) is 5.60 Å². The Labute approximate surface area is 196 Å². The zero-order chi connectivity index (χ0) is 20.4. The van der Waals surface area contributed by atoms with Crippen LogP contribution < -0.4 is 10.6 Å². The van der Waals surface area contributed by atoms with E-state index in [-0.39, 0.29) is 30.1 Å². The lowest BCUT2D eigenvalue weighted by atomic mass is 10.2. The van der Waals surface area contributed by atoms with E-state index in [0.717, 1.165) is 58.2 Å². The van der Waals surface area contributed by atoms with E-state index in [2.05, 4.69) is 45.0 Å². The van der Waals surface area contributed by atoms with E-state index in [1.165, 1.54) is 4.88 Å². The van der Waals surface area contributed by atoms with Crippen molar-refractivity contribution in [1.29, 1.82) is 0 Å². The Hall–Kier alpha value is -1.07. The van der Waals surface area contributed by atoms with Crippen molar-refractivity contribution in [2.45, 2.75) is 46.3 Å². The van der Waals surface area contributed by atoms with Crippen molar-refractivity contribution in [3.8, 4) is 0 Å². The quantitative estimate of drug-likeness (QED) is 0.242. The maximum Gasteiger partial charge on any atom is 0.410 e. The SMILES string of the molecule is CCNC(=NCc1cccs1)NCCCN1CCN(C(=O)OC(C)(C)C)CC1.I. The molecule has 9 heteroatoms. The van der Waals surface area contributed by atoms with Crippen LogP contribution in [0.4, 0.5) is 4.79 Å². The minimum absolute atomic E-state index is 0. The van der Waals surface area contributed by atoms with Gasteiger partial charge in [-0.15, -0.1) is 35.3 Å². The molecule has 2 N–H and O–H groups in total. The van der Waals surface area contributed by atoms with Gasteiger partial charge in [-0.25, -0.2) is 9.79 Å². The molecule has 1 saturated heterocycles. The summed E-state index contributed by atoms with van der Waals surface area (Å²) in [6.07, 6.45) is 0.835. The molecule has 0 spiro atoms. The molecule has 0 aromatic carbocycles. The Balaban J connectivity index is 0.00000420. The van der Waals surface area contributed by atoms with Gasteiger partial charge >= 0.3 is 6.09 Å². The number of nitrogens with one attached hydrogen (secondary N) is 2. The number of guanidine groups is 1. The summed E-state index contributed by atoms with van der Waals surface area (Å²) in [6.45, 7) is 14.5. The van der Waals surface area contributed by atoms with Gasteiger partial charge in [-0.05, 0) is 52.1 Å². The van der Waals surface area contributed by atoms with Crippen LogP contribution in [-0.2, 0) is 11.3 Å². The Morgan fingerprint density at radius 1 is 1.24 bits per heavy atom. The molecule has 1 aliphatic heterocycles. The summed E-state index contributed by atoms with van der Waals surface area (Å²) in [4.78, 5) is 22.2. The molecule has 0 unspecified atom stereocenters. The van der Waals surface area contributed by atoms with E-state index in [4.69, 9.17) is 4.74 Å². The largest absolute Gasteiger partial charge is 0.444 e. The minimum Gasteiger partial charge on any atom is -0.444 e. The first-order valence-corrected chi connectivity index (χ1v) is 11.0. The number of carbonyl (C=O) groups excluding carboxylic acids is 1. The summed E-state index contributed by atoms with van der Waals surface area (Å²) < 4.78 is 5.45. The second-order valence-electron chi connectivity index (χ2n) is 7.86. The summed E-state index contributed by atoms with van der Waals surface area (Å²) in [5.41, 5.74) is -0.435. The lowest BCUT2D eigenvalue weighted by Gasteiger charge is -2.35. The van der Waals surface area contributed by atoms with Crippen LogP contribution in [0.25, 0.3) is 0 Å². The maximum atomic E-state index is 12.1. The molecule has 0 atom stereocenters. The van der Waals surface area contributed by atoms with Crippen LogP contribution in [0.2, 0.25) is 0 Å². The number of carbonyl (C=O) groups is 1. The molecule has 0 radical (unpaired) electrons. The number of halogens is 1. The molecular formula is C20H36IN5O2S. The molecule has 7 nitrogen and oxygen atoms in total. The number of rotatable bonds is 7. The van der Waals surface area contributed by atoms with Gasteiger partial charge in [-0.3, -0.25) is 4.90 Å². The van der Waals surface area contributed by atoms with Crippen LogP contribution in [-0.4, -0.2) is 73.3 Å². The third-order valence-electron chi connectivity index (χ3n) is 4.28. The molecular weight excluding hydrogens is 501 g/mol. The minimum atomic E-state index is -0.435. The van der Waals surface area contributed by atoms with Gasteiger partial charge in [0.25, 0.3) is 0 Å². The molecule has 0 bridgehead atoms. The van der Waals surface area contributed by atoms with E-state index in [1.807, 2.05) is 20.8 Å². The smallest absolute Gasteiger partial charge is 0.410 e. The van der Waals surface area contributed by atoms with Gasteiger partial charge in [0.15, 0.2) is 5.96 Å². The topological polar surface area (TPSA) is 69.2 Å². The fourth-order valence-electron chi connectivity index (χ4n) is 2.89. The number of amides is 1. The van der Waals surface area contributed by atoms with E-state index in [1.54, 1.807) is 16.2 Å². The van der Waals surface area contributed by atoms with E-state index in [0.29, 0.717) is 6.54 Å². The Morgan fingerprint density at radius 2 is 1.97 bits per heavy atom. The van der Waals surface area contributed by atoms with Crippen molar-refractivity contribution in [2.24, 2.45) is 4.99 Å². The summed E-state index contributed by atoms with van der Waals surface area (Å²) >= 11 is 1.73. The average Bonchev–Trinajstić information content (AvgIpc) is 3.16. The maximum absolute atomic E-state index is 12.1. The van der Waals surface area contributed by atoms with Gasteiger partial charge in [0.05, 0.1) is 6.54 Å². The molecule has 0 aliphatic carbocycles. The van der Waals surface area contributed by atoms with E-state index >= 15 is 0 Å². The monoisotopic (exact) mass is 537 g/mol. The number of thiophene rings is 1. The van der Waals surface area contributed by atoms with Gasteiger partial charge in [-0.2, -0.15) is 0 Å². The van der Waals surface area contributed by atoms with Gasteiger partial charge < -0.3 is 20.3 Å². The highest BCUT2D eigenvalue weighted by Gasteiger charge is 2.25. The van der Waals surface area contributed by atoms with Crippen molar-refractivity contribution in [3.63, 3.8) is 0 Å². The molecule has 1 aliphatic rings. The number of ether oxygens (including phenoxy) is 1. The third kappa shape index (κ3) is 10.5. The van der Waals surface area contributed by atoms with Crippen LogP contribution in [0.15, 0.2) is 22.5 Å². The second kappa shape index (κ2) is 13.3. The number of nitrogens with zero attached hydrogens (tertiary/aromatic N) is 3. The zero-order valence-corrected chi connectivity index (χ0v) is 21.2. The second-order valence-corrected chi connectivity index (χ2v) is 8.90. The molecule has 1 aromatic heterocycles. The summed E-state index contributed by atoms with van der Waals surface area (Å²) in [6, 6.07) is 4.16. The molecule has 2 heterocycles. The highest BCUT2D eigenvalue weighted by Crippen LogP contribution is 2.12. The van der Waals surface area contributed by atoms with Crippen LogP contribution in [0.5, 0.6) is 0 Å². The first-order chi connectivity index (χ1) is 13.4. The fourth-order valence-corrected chi connectivity index (χ4v) is 3.52. The number of hydrogen-bond donors (Lipinski definition) is 2. The lowest BCUT2D eigenvalue weighted by Crippen LogP contribution is -2.50. The van der Waals surface area contributed by atoms with Crippen LogP contribution in [0, 0.1) is 0 Å². The first-order valence-electron chi connectivity index (χ1n) is 10.1. The predicted molar refractivity (Wildman–Crippen MR) is 131 cm³/mol. The average molecular weight is 538 g/mol. The molecule has 166 valence electrons. The summed E-state index contributed by atoms with van der Waals surface area (Å²) in [7, 11) is 0. The van der Waals surface area contributed by atoms with Crippen LogP contribution >= 0.6 is 35.3 Å². The standard InChI is InChI=1S/C20H35N5O2S.HI/c1-5-21-18(23-16-17-8-6-15-28-17)22-9-7-10-24-11-13-25(14-12-24)19(26)27-20(2,3)4;/h6,8,15H,5,7,9-14,16H2,1-4H3,(H2,21,22,23);1H. The lowest BCUT2D eigenvalue weighted by molar-refractivity contribution is 0.0145. The van der Waals surface area contributed by atoms with Crippen molar-refractivity contribution >= 4 is 47.4 Å². The van der Waals surface area contributed by atoms with Crippen molar-refractivity contribution in [3.05, 3.63) is 22.4 Å². The van der Waals surface area contributed by atoms with Crippen molar-refractivity contribution in [1.82, 2.24) is 20.4 Å².